The Labute approximate surface area is 237 Å². The second-order valence-corrected chi connectivity index (χ2v) is 10.3. The summed E-state index contributed by atoms with van der Waals surface area (Å²) in [6.45, 7) is 0. The molecular formula is C38H24N2O. The highest BCUT2D eigenvalue weighted by molar-refractivity contribution is 6.05. The van der Waals surface area contributed by atoms with E-state index in [1.165, 1.54) is 28.1 Å². The van der Waals surface area contributed by atoms with Crippen LogP contribution in [0.5, 0.6) is 0 Å². The summed E-state index contributed by atoms with van der Waals surface area (Å²) in [5.74, 6) is 0. The van der Waals surface area contributed by atoms with E-state index >= 15 is 0 Å². The summed E-state index contributed by atoms with van der Waals surface area (Å²) in [5.41, 5.74) is 10.4. The molecule has 0 aliphatic carbocycles. The van der Waals surface area contributed by atoms with E-state index < -0.39 is 0 Å². The highest BCUT2D eigenvalue weighted by atomic mass is 16.3. The van der Waals surface area contributed by atoms with Gasteiger partial charge in [0.15, 0.2) is 12.0 Å². The van der Waals surface area contributed by atoms with Gasteiger partial charge in [-0.1, -0.05) is 121 Å². The first-order valence-corrected chi connectivity index (χ1v) is 13.7. The number of benzene rings is 6. The van der Waals surface area contributed by atoms with E-state index in [0.29, 0.717) is 0 Å². The van der Waals surface area contributed by atoms with Crippen LogP contribution in [0, 0.1) is 0 Å². The number of rotatable bonds is 4. The van der Waals surface area contributed by atoms with Gasteiger partial charge in [-0.25, -0.2) is 9.97 Å². The van der Waals surface area contributed by atoms with Crippen LogP contribution in [0.25, 0.3) is 77.4 Å². The number of oxazole rings is 1. The Morgan fingerprint density at radius 3 is 2.05 bits per heavy atom. The average Bonchev–Trinajstić information content (AvgIpc) is 3.52. The minimum Gasteiger partial charge on any atom is -0.443 e. The molecule has 2 aromatic heterocycles. The Morgan fingerprint density at radius 2 is 1.20 bits per heavy atom. The smallest absolute Gasteiger partial charge is 0.181 e. The molecule has 3 nitrogen and oxygen atoms in total. The van der Waals surface area contributed by atoms with Gasteiger partial charge in [-0.05, 0) is 56.6 Å². The van der Waals surface area contributed by atoms with Gasteiger partial charge < -0.3 is 4.42 Å². The molecule has 0 atom stereocenters. The van der Waals surface area contributed by atoms with Gasteiger partial charge in [0.05, 0.1) is 11.4 Å². The van der Waals surface area contributed by atoms with Gasteiger partial charge in [-0.15, -0.1) is 0 Å². The van der Waals surface area contributed by atoms with Crippen molar-refractivity contribution in [3.63, 3.8) is 0 Å². The van der Waals surface area contributed by atoms with Crippen molar-refractivity contribution in [3.8, 4) is 44.8 Å². The lowest BCUT2D eigenvalue weighted by atomic mass is 9.89. The molecule has 0 unspecified atom stereocenters. The Morgan fingerprint density at radius 1 is 0.488 bits per heavy atom. The van der Waals surface area contributed by atoms with Gasteiger partial charge in [0, 0.05) is 16.5 Å². The first kappa shape index (κ1) is 23.4. The van der Waals surface area contributed by atoms with Crippen molar-refractivity contribution >= 4 is 32.6 Å². The van der Waals surface area contributed by atoms with Crippen molar-refractivity contribution in [3.05, 3.63) is 146 Å². The summed E-state index contributed by atoms with van der Waals surface area (Å²) < 4.78 is 5.50. The Kier molecular flexibility index (Phi) is 5.46. The third kappa shape index (κ3) is 4.07. The van der Waals surface area contributed by atoms with Gasteiger partial charge in [0.1, 0.15) is 5.52 Å². The molecule has 0 amide bonds. The fourth-order valence-corrected chi connectivity index (χ4v) is 5.82. The molecule has 192 valence electrons. The summed E-state index contributed by atoms with van der Waals surface area (Å²) in [6, 6.07) is 49.1. The molecule has 3 heteroatoms. The van der Waals surface area contributed by atoms with Crippen molar-refractivity contribution in [1.29, 1.82) is 0 Å². The van der Waals surface area contributed by atoms with E-state index in [0.717, 1.165) is 55.7 Å². The van der Waals surface area contributed by atoms with E-state index in [4.69, 9.17) is 9.40 Å². The molecule has 0 aliphatic heterocycles. The van der Waals surface area contributed by atoms with Gasteiger partial charge in [-0.2, -0.15) is 0 Å². The second kappa shape index (κ2) is 9.58. The first-order valence-electron chi connectivity index (χ1n) is 13.7. The molecule has 0 bridgehead atoms. The fourth-order valence-electron chi connectivity index (χ4n) is 5.82. The van der Waals surface area contributed by atoms with E-state index in [2.05, 4.69) is 132 Å². The SMILES string of the molecule is c1ccc(-c2cc3ccccc3c(-c3ccc(-c4c(-c5ccc6ocnc6c5)ccc5ccccc45)cc3)n2)cc1. The van der Waals surface area contributed by atoms with Crippen LogP contribution < -0.4 is 0 Å². The molecule has 6 aromatic carbocycles. The van der Waals surface area contributed by atoms with Crippen LogP contribution >= 0.6 is 0 Å². The summed E-state index contributed by atoms with van der Waals surface area (Å²) >= 11 is 0. The predicted molar refractivity (Wildman–Crippen MR) is 169 cm³/mol. The highest BCUT2D eigenvalue weighted by Crippen LogP contribution is 2.40. The highest BCUT2D eigenvalue weighted by Gasteiger charge is 2.15. The second-order valence-electron chi connectivity index (χ2n) is 10.3. The average molecular weight is 525 g/mol. The maximum Gasteiger partial charge on any atom is 0.181 e. The van der Waals surface area contributed by atoms with Crippen molar-refractivity contribution in [1.82, 2.24) is 9.97 Å². The minimum absolute atomic E-state index is 0.790. The molecule has 8 aromatic rings. The van der Waals surface area contributed by atoms with Crippen LogP contribution in [-0.4, -0.2) is 9.97 Å². The molecule has 0 fully saturated rings. The third-order valence-corrected chi connectivity index (χ3v) is 7.83. The molecule has 41 heavy (non-hydrogen) atoms. The molecule has 0 spiro atoms. The van der Waals surface area contributed by atoms with Crippen LogP contribution in [0.1, 0.15) is 0 Å². The molecular weight excluding hydrogens is 500 g/mol. The van der Waals surface area contributed by atoms with Gasteiger partial charge >= 0.3 is 0 Å². The van der Waals surface area contributed by atoms with E-state index in [9.17, 15) is 0 Å². The Bertz CT molecular complexity index is 2200. The quantitative estimate of drug-likeness (QED) is 0.230. The summed E-state index contributed by atoms with van der Waals surface area (Å²) in [5, 5.41) is 4.75. The summed E-state index contributed by atoms with van der Waals surface area (Å²) in [6.07, 6.45) is 1.50. The number of nitrogens with zero attached hydrogens (tertiary/aromatic N) is 2. The number of pyridine rings is 1. The Balaban J connectivity index is 1.30. The number of hydrogen-bond acceptors (Lipinski definition) is 3. The topological polar surface area (TPSA) is 38.9 Å². The van der Waals surface area contributed by atoms with E-state index in [1.54, 1.807) is 0 Å². The van der Waals surface area contributed by atoms with Crippen LogP contribution in [0.4, 0.5) is 0 Å². The van der Waals surface area contributed by atoms with Crippen molar-refractivity contribution in [2.45, 2.75) is 0 Å². The van der Waals surface area contributed by atoms with Crippen molar-refractivity contribution < 1.29 is 4.42 Å². The van der Waals surface area contributed by atoms with Gasteiger partial charge in [0.2, 0.25) is 0 Å². The lowest BCUT2D eigenvalue weighted by Crippen LogP contribution is -1.92. The number of fused-ring (bicyclic) bond motifs is 3. The molecule has 0 radical (unpaired) electrons. The van der Waals surface area contributed by atoms with Crippen LogP contribution in [0.2, 0.25) is 0 Å². The zero-order valence-corrected chi connectivity index (χ0v) is 22.2. The minimum atomic E-state index is 0.790. The monoisotopic (exact) mass is 524 g/mol. The molecule has 0 saturated heterocycles. The summed E-state index contributed by atoms with van der Waals surface area (Å²) in [4.78, 5) is 9.56. The normalized spacial score (nSPS) is 11.4. The standard InChI is InChI=1S/C38H24N2O/c1-2-9-26(10-3-1)34-22-29-11-5-7-13-33(29)38(40-34)28-16-14-27(15-17-28)37-31-12-6-4-8-25(31)18-20-32(37)30-19-21-36-35(23-30)39-24-41-36/h1-24H. The Hall–Kier alpha value is -5.54. The maximum atomic E-state index is 5.50. The van der Waals surface area contributed by atoms with Crippen LogP contribution in [0.15, 0.2) is 150 Å². The molecule has 2 heterocycles. The predicted octanol–water partition coefficient (Wildman–Crippen LogP) is 10.2. The largest absolute Gasteiger partial charge is 0.443 e. The van der Waals surface area contributed by atoms with Crippen LogP contribution in [0.3, 0.4) is 0 Å². The fraction of sp³-hybridized carbons (Fsp3) is 0. The van der Waals surface area contributed by atoms with Crippen molar-refractivity contribution in [2.75, 3.05) is 0 Å². The van der Waals surface area contributed by atoms with E-state index in [1.807, 2.05) is 12.1 Å². The van der Waals surface area contributed by atoms with Gasteiger partial charge in [0.25, 0.3) is 0 Å². The first-order chi connectivity index (χ1) is 20.3. The van der Waals surface area contributed by atoms with Gasteiger partial charge in [-0.3, -0.25) is 0 Å². The van der Waals surface area contributed by atoms with E-state index in [-0.39, 0.29) is 0 Å². The zero-order valence-electron chi connectivity index (χ0n) is 22.2. The lowest BCUT2D eigenvalue weighted by molar-refractivity contribution is 0.602. The molecule has 0 aliphatic rings. The lowest BCUT2D eigenvalue weighted by Gasteiger charge is -2.15. The molecule has 0 saturated carbocycles. The number of hydrogen-bond donors (Lipinski definition) is 0. The summed E-state index contributed by atoms with van der Waals surface area (Å²) in [7, 11) is 0. The zero-order chi connectivity index (χ0) is 27.2. The van der Waals surface area contributed by atoms with Crippen LogP contribution in [-0.2, 0) is 0 Å². The third-order valence-electron chi connectivity index (χ3n) is 7.83. The van der Waals surface area contributed by atoms with Crippen molar-refractivity contribution in [2.24, 2.45) is 0 Å². The maximum absolute atomic E-state index is 5.50. The molecule has 0 N–H and O–H groups in total. The molecule has 8 rings (SSSR count). The number of aromatic nitrogens is 2.